The number of rotatable bonds is 7. The Balaban J connectivity index is 2.11. The molecule has 134 valence electrons. The van der Waals surface area contributed by atoms with E-state index in [4.69, 9.17) is 5.11 Å². The molecule has 1 amide bonds. The predicted octanol–water partition coefficient (Wildman–Crippen LogP) is 3.02. The van der Waals surface area contributed by atoms with Gasteiger partial charge in [0.2, 0.25) is 6.43 Å². The minimum Gasteiger partial charge on any atom is -0.480 e. The SMILES string of the molecule is Cc1nc(Cc2ccc(F)cc2)sc1C(=O)NC(CC(F)F)C(=O)O. The van der Waals surface area contributed by atoms with Gasteiger partial charge in [-0.2, -0.15) is 0 Å². The highest BCUT2D eigenvalue weighted by Crippen LogP contribution is 2.21. The molecule has 2 rings (SSSR count). The van der Waals surface area contributed by atoms with Gasteiger partial charge in [-0.05, 0) is 24.6 Å². The van der Waals surface area contributed by atoms with Crippen LogP contribution in [0.5, 0.6) is 0 Å². The summed E-state index contributed by atoms with van der Waals surface area (Å²) in [6, 6.07) is 4.13. The molecule has 0 aliphatic rings. The van der Waals surface area contributed by atoms with Crippen LogP contribution in [0.15, 0.2) is 24.3 Å². The van der Waals surface area contributed by atoms with E-state index in [-0.39, 0.29) is 10.7 Å². The second-order valence-corrected chi connectivity index (χ2v) is 6.40. The van der Waals surface area contributed by atoms with Crippen molar-refractivity contribution in [2.75, 3.05) is 0 Å². The number of carboxylic acid groups (broad SMARTS) is 1. The van der Waals surface area contributed by atoms with Crippen LogP contribution in [0.25, 0.3) is 0 Å². The van der Waals surface area contributed by atoms with Crippen molar-refractivity contribution in [3.8, 4) is 0 Å². The highest BCUT2D eigenvalue weighted by atomic mass is 32.1. The van der Waals surface area contributed by atoms with E-state index in [0.717, 1.165) is 16.9 Å². The smallest absolute Gasteiger partial charge is 0.326 e. The number of aliphatic carboxylic acids is 1. The Labute approximate surface area is 145 Å². The molecule has 1 atom stereocenters. The summed E-state index contributed by atoms with van der Waals surface area (Å²) in [7, 11) is 0. The van der Waals surface area contributed by atoms with Gasteiger partial charge in [0.05, 0.1) is 10.7 Å². The monoisotopic (exact) mass is 372 g/mol. The summed E-state index contributed by atoms with van der Waals surface area (Å²) in [5, 5.41) is 11.6. The zero-order valence-electron chi connectivity index (χ0n) is 13.1. The second-order valence-electron chi connectivity index (χ2n) is 5.32. The minimum absolute atomic E-state index is 0.164. The number of nitrogens with zero attached hydrogens (tertiary/aromatic N) is 1. The minimum atomic E-state index is -2.85. The van der Waals surface area contributed by atoms with Crippen molar-refractivity contribution in [3.05, 3.63) is 51.2 Å². The van der Waals surface area contributed by atoms with Gasteiger partial charge >= 0.3 is 5.97 Å². The van der Waals surface area contributed by atoms with Crippen LogP contribution in [0.1, 0.15) is 32.4 Å². The fourth-order valence-electron chi connectivity index (χ4n) is 2.14. The second kappa shape index (κ2) is 8.11. The highest BCUT2D eigenvalue weighted by Gasteiger charge is 2.26. The van der Waals surface area contributed by atoms with E-state index >= 15 is 0 Å². The molecule has 0 saturated carbocycles. The van der Waals surface area contributed by atoms with E-state index in [0.29, 0.717) is 17.1 Å². The van der Waals surface area contributed by atoms with Gasteiger partial charge in [0.1, 0.15) is 16.7 Å². The highest BCUT2D eigenvalue weighted by molar-refractivity contribution is 7.13. The van der Waals surface area contributed by atoms with Crippen molar-refractivity contribution < 1.29 is 27.9 Å². The third kappa shape index (κ3) is 5.28. The zero-order chi connectivity index (χ0) is 18.6. The summed E-state index contributed by atoms with van der Waals surface area (Å²) in [6.45, 7) is 1.57. The molecule has 0 saturated heterocycles. The molecule has 0 fully saturated rings. The van der Waals surface area contributed by atoms with Crippen molar-refractivity contribution in [1.29, 1.82) is 0 Å². The molecule has 9 heteroatoms. The van der Waals surface area contributed by atoms with E-state index in [1.807, 2.05) is 0 Å². The lowest BCUT2D eigenvalue weighted by Crippen LogP contribution is -2.41. The largest absolute Gasteiger partial charge is 0.480 e. The summed E-state index contributed by atoms with van der Waals surface area (Å²) in [4.78, 5) is 27.5. The average molecular weight is 372 g/mol. The van der Waals surface area contributed by atoms with Crippen molar-refractivity contribution >= 4 is 23.2 Å². The maximum atomic E-state index is 12.9. The molecule has 0 bridgehead atoms. The molecule has 0 aliphatic carbocycles. The first kappa shape index (κ1) is 18.9. The molecule has 25 heavy (non-hydrogen) atoms. The average Bonchev–Trinajstić information content (AvgIpc) is 2.89. The number of aromatic nitrogens is 1. The van der Waals surface area contributed by atoms with Gasteiger partial charge in [-0.15, -0.1) is 11.3 Å². The Morgan fingerprint density at radius 3 is 2.48 bits per heavy atom. The molecule has 0 aliphatic heterocycles. The summed E-state index contributed by atoms with van der Waals surface area (Å²) in [5.41, 5.74) is 1.17. The molecule has 2 N–H and O–H groups in total. The summed E-state index contributed by atoms with van der Waals surface area (Å²) in [5.74, 6) is -2.64. The van der Waals surface area contributed by atoms with Crippen LogP contribution in [-0.2, 0) is 11.2 Å². The summed E-state index contributed by atoms with van der Waals surface area (Å²) < 4.78 is 37.7. The third-order valence-corrected chi connectivity index (χ3v) is 4.49. The third-order valence-electron chi connectivity index (χ3n) is 3.33. The molecule has 2 aromatic rings. The number of carbonyl (C=O) groups is 2. The lowest BCUT2D eigenvalue weighted by atomic mass is 10.1. The Morgan fingerprint density at radius 2 is 1.92 bits per heavy atom. The fraction of sp³-hybridized carbons (Fsp3) is 0.312. The number of carbonyl (C=O) groups excluding carboxylic acids is 1. The van der Waals surface area contributed by atoms with Gasteiger partial charge in [0, 0.05) is 12.8 Å². The van der Waals surface area contributed by atoms with E-state index < -0.39 is 30.8 Å². The van der Waals surface area contributed by atoms with E-state index in [9.17, 15) is 22.8 Å². The molecule has 1 heterocycles. The topological polar surface area (TPSA) is 79.3 Å². The van der Waals surface area contributed by atoms with Gasteiger partial charge < -0.3 is 10.4 Å². The first-order chi connectivity index (χ1) is 11.8. The zero-order valence-corrected chi connectivity index (χ0v) is 13.9. The van der Waals surface area contributed by atoms with Crippen LogP contribution in [0.2, 0.25) is 0 Å². The predicted molar refractivity (Wildman–Crippen MR) is 85.6 cm³/mol. The van der Waals surface area contributed by atoms with Crippen molar-refractivity contribution in [2.45, 2.75) is 32.2 Å². The number of aryl methyl sites for hydroxylation is 1. The quantitative estimate of drug-likeness (QED) is 0.783. The lowest BCUT2D eigenvalue weighted by Gasteiger charge is -2.13. The van der Waals surface area contributed by atoms with Gasteiger partial charge in [-0.3, -0.25) is 4.79 Å². The molecule has 0 radical (unpaired) electrons. The van der Waals surface area contributed by atoms with Crippen molar-refractivity contribution in [3.63, 3.8) is 0 Å². The molecule has 5 nitrogen and oxygen atoms in total. The van der Waals surface area contributed by atoms with Crippen LogP contribution in [0.4, 0.5) is 13.2 Å². The molecular weight excluding hydrogens is 357 g/mol. The molecule has 1 aromatic heterocycles. The van der Waals surface area contributed by atoms with E-state index in [1.165, 1.54) is 12.1 Å². The van der Waals surface area contributed by atoms with Gasteiger partial charge in [-0.1, -0.05) is 12.1 Å². The van der Waals surface area contributed by atoms with Crippen molar-refractivity contribution in [2.24, 2.45) is 0 Å². The first-order valence-corrected chi connectivity index (χ1v) is 8.10. The number of carboxylic acids is 1. The van der Waals surface area contributed by atoms with E-state index in [1.54, 1.807) is 19.1 Å². The van der Waals surface area contributed by atoms with Gasteiger partial charge in [0.15, 0.2) is 0 Å². The standard InChI is InChI=1S/C16H15F3N2O3S/c1-8-14(15(22)21-11(16(23)24)7-12(18)19)25-13(20-8)6-9-2-4-10(17)5-3-9/h2-5,11-12H,6-7H2,1H3,(H,21,22)(H,23,24). The Hall–Kier alpha value is -2.42. The molecular formula is C16H15F3N2O3S. The normalized spacial score (nSPS) is 12.2. The molecule has 1 unspecified atom stereocenters. The lowest BCUT2D eigenvalue weighted by molar-refractivity contribution is -0.140. The van der Waals surface area contributed by atoms with Gasteiger partial charge in [0.25, 0.3) is 5.91 Å². The summed E-state index contributed by atoms with van der Waals surface area (Å²) >= 11 is 1.04. The maximum absolute atomic E-state index is 12.9. The van der Waals surface area contributed by atoms with Crippen LogP contribution in [-0.4, -0.2) is 34.4 Å². The number of hydrogen-bond donors (Lipinski definition) is 2. The maximum Gasteiger partial charge on any atom is 0.326 e. The van der Waals surface area contributed by atoms with E-state index in [2.05, 4.69) is 10.3 Å². The van der Waals surface area contributed by atoms with Gasteiger partial charge in [-0.25, -0.2) is 22.9 Å². The number of nitrogens with one attached hydrogen (secondary N) is 1. The number of alkyl halides is 2. The Bertz CT molecular complexity index is 762. The summed E-state index contributed by atoms with van der Waals surface area (Å²) in [6.07, 6.45) is -3.45. The number of amides is 1. The fourth-order valence-corrected chi connectivity index (χ4v) is 3.14. The van der Waals surface area contributed by atoms with Crippen LogP contribution < -0.4 is 5.32 Å². The van der Waals surface area contributed by atoms with Crippen molar-refractivity contribution in [1.82, 2.24) is 10.3 Å². The number of halogens is 3. The number of benzene rings is 1. The van der Waals surface area contributed by atoms with Crippen LogP contribution in [0, 0.1) is 12.7 Å². The Kier molecular flexibility index (Phi) is 6.13. The van der Waals surface area contributed by atoms with Crippen LogP contribution in [0.3, 0.4) is 0 Å². The molecule has 1 aromatic carbocycles. The number of hydrogen-bond acceptors (Lipinski definition) is 4. The Morgan fingerprint density at radius 1 is 1.28 bits per heavy atom. The first-order valence-electron chi connectivity index (χ1n) is 7.29. The molecule has 0 spiro atoms. The van der Waals surface area contributed by atoms with Crippen LogP contribution >= 0.6 is 11.3 Å². The number of thiazole rings is 1.